The second-order valence-corrected chi connectivity index (χ2v) is 8.18. The summed E-state index contributed by atoms with van der Waals surface area (Å²) in [4.78, 5) is 0. The molecule has 8 heteroatoms. The summed E-state index contributed by atoms with van der Waals surface area (Å²) in [6.07, 6.45) is -3.65. The molecular formula is C25H19Cl2F3N2O. The van der Waals surface area contributed by atoms with Gasteiger partial charge in [0.2, 0.25) is 0 Å². The zero-order valence-corrected chi connectivity index (χ0v) is 19.0. The molecule has 0 aliphatic heterocycles. The maximum absolute atomic E-state index is 13.3. The molecule has 4 rings (SSSR count). The fraction of sp³-hybridized carbons (Fsp3) is 0.160. The number of halogens is 5. The lowest BCUT2D eigenvalue weighted by atomic mass is 10.0. The van der Waals surface area contributed by atoms with Crippen LogP contribution < -0.4 is 4.74 Å². The van der Waals surface area contributed by atoms with Crippen molar-refractivity contribution in [1.82, 2.24) is 9.78 Å². The van der Waals surface area contributed by atoms with Gasteiger partial charge in [-0.05, 0) is 53.4 Å². The minimum absolute atomic E-state index is 0.158. The normalized spacial score (nSPS) is 11.6. The van der Waals surface area contributed by atoms with E-state index in [0.29, 0.717) is 5.75 Å². The third-order valence-electron chi connectivity index (χ3n) is 5.16. The van der Waals surface area contributed by atoms with E-state index < -0.39 is 11.9 Å². The van der Waals surface area contributed by atoms with Crippen LogP contribution in [0.2, 0.25) is 10.0 Å². The second kappa shape index (κ2) is 9.49. The highest BCUT2D eigenvalue weighted by Gasteiger charge is 2.35. The van der Waals surface area contributed by atoms with E-state index in [-0.39, 0.29) is 28.0 Å². The molecule has 170 valence electrons. The molecule has 0 amide bonds. The van der Waals surface area contributed by atoms with Crippen LogP contribution in [0.25, 0.3) is 16.8 Å². The first kappa shape index (κ1) is 23.2. The molecule has 0 spiro atoms. The van der Waals surface area contributed by atoms with Crippen molar-refractivity contribution in [1.29, 1.82) is 0 Å². The monoisotopic (exact) mass is 490 g/mol. The summed E-state index contributed by atoms with van der Waals surface area (Å²) in [5.41, 5.74) is 2.62. The van der Waals surface area contributed by atoms with Crippen molar-refractivity contribution < 1.29 is 17.9 Å². The molecule has 0 N–H and O–H groups in total. The van der Waals surface area contributed by atoms with Gasteiger partial charge in [-0.3, -0.25) is 0 Å². The molecule has 3 aromatic carbocycles. The molecular weight excluding hydrogens is 472 g/mol. The summed E-state index contributed by atoms with van der Waals surface area (Å²) < 4.78 is 46.8. The van der Waals surface area contributed by atoms with Crippen LogP contribution in [0, 0.1) is 0 Å². The lowest BCUT2D eigenvalue weighted by molar-refractivity contribution is -0.141. The summed E-state index contributed by atoms with van der Waals surface area (Å²) in [5.74, 6) is 0.510. The smallest absolute Gasteiger partial charge is 0.435 e. The van der Waals surface area contributed by atoms with Gasteiger partial charge in [0.15, 0.2) is 5.69 Å². The van der Waals surface area contributed by atoms with E-state index in [9.17, 15) is 13.2 Å². The minimum atomic E-state index is -4.62. The van der Waals surface area contributed by atoms with Crippen molar-refractivity contribution in [2.24, 2.45) is 0 Å². The van der Waals surface area contributed by atoms with E-state index in [1.807, 2.05) is 12.1 Å². The van der Waals surface area contributed by atoms with Gasteiger partial charge < -0.3 is 4.74 Å². The van der Waals surface area contributed by atoms with Crippen LogP contribution in [0.15, 0.2) is 72.8 Å². The first-order valence-electron chi connectivity index (χ1n) is 10.2. The van der Waals surface area contributed by atoms with Gasteiger partial charge in [0.05, 0.1) is 15.7 Å². The average Bonchev–Trinajstić information content (AvgIpc) is 3.22. The van der Waals surface area contributed by atoms with Crippen molar-refractivity contribution >= 4 is 23.2 Å². The highest BCUT2D eigenvalue weighted by Crippen LogP contribution is 2.34. The molecule has 33 heavy (non-hydrogen) atoms. The summed E-state index contributed by atoms with van der Waals surface area (Å²) in [6, 6.07) is 21.2. The van der Waals surface area contributed by atoms with Gasteiger partial charge in [-0.25, -0.2) is 4.68 Å². The molecule has 0 unspecified atom stereocenters. The number of ether oxygens (including phenoxy) is 1. The molecule has 0 saturated heterocycles. The quantitative estimate of drug-likeness (QED) is 0.273. The Morgan fingerprint density at radius 2 is 1.45 bits per heavy atom. The molecule has 3 nitrogen and oxygen atoms in total. The molecule has 0 saturated carbocycles. The number of hydrogen-bond acceptors (Lipinski definition) is 2. The molecule has 0 radical (unpaired) electrons. The van der Waals surface area contributed by atoms with E-state index in [4.69, 9.17) is 27.9 Å². The van der Waals surface area contributed by atoms with Crippen molar-refractivity contribution in [2.45, 2.75) is 26.1 Å². The highest BCUT2D eigenvalue weighted by atomic mass is 35.5. The summed E-state index contributed by atoms with van der Waals surface area (Å²) >= 11 is 12.4. The molecule has 0 aliphatic carbocycles. The van der Waals surface area contributed by atoms with Crippen LogP contribution in [0.5, 0.6) is 5.75 Å². The second-order valence-electron chi connectivity index (χ2n) is 7.36. The Morgan fingerprint density at radius 1 is 0.879 bits per heavy atom. The van der Waals surface area contributed by atoms with Gasteiger partial charge in [0.1, 0.15) is 18.0 Å². The number of aryl methyl sites for hydroxylation is 1. The fourth-order valence-electron chi connectivity index (χ4n) is 3.38. The molecule has 1 aromatic heterocycles. The first-order valence-corrected chi connectivity index (χ1v) is 10.9. The Hall–Kier alpha value is -2.96. The zero-order chi connectivity index (χ0) is 23.6. The third-order valence-corrected chi connectivity index (χ3v) is 5.77. The Balaban J connectivity index is 1.58. The van der Waals surface area contributed by atoms with Gasteiger partial charge in [0, 0.05) is 0 Å². The predicted octanol–water partition coefficient (Wildman–Crippen LogP) is 8.01. The summed E-state index contributed by atoms with van der Waals surface area (Å²) in [7, 11) is 0. The van der Waals surface area contributed by atoms with Crippen LogP contribution in [0.1, 0.15) is 23.9 Å². The van der Waals surface area contributed by atoms with Crippen molar-refractivity contribution in [3.63, 3.8) is 0 Å². The Morgan fingerprint density at radius 3 is 2.00 bits per heavy atom. The number of alkyl halides is 3. The average molecular weight is 491 g/mol. The van der Waals surface area contributed by atoms with Gasteiger partial charge >= 0.3 is 6.18 Å². The molecule has 0 atom stereocenters. The first-order chi connectivity index (χ1) is 15.8. The van der Waals surface area contributed by atoms with Crippen LogP contribution in [-0.2, 0) is 19.2 Å². The van der Waals surface area contributed by atoms with Crippen molar-refractivity contribution in [3.05, 3.63) is 99.8 Å². The maximum Gasteiger partial charge on any atom is 0.435 e. The molecule has 0 fully saturated rings. The number of rotatable bonds is 6. The van der Waals surface area contributed by atoms with Crippen LogP contribution in [0.3, 0.4) is 0 Å². The van der Waals surface area contributed by atoms with Crippen LogP contribution in [-0.4, -0.2) is 9.78 Å². The number of nitrogens with zero attached hydrogens (tertiary/aromatic N) is 2. The Bertz CT molecular complexity index is 1230. The van der Waals surface area contributed by atoms with E-state index in [1.165, 1.54) is 17.7 Å². The Labute approximate surface area is 199 Å². The molecule has 1 heterocycles. The lowest BCUT2D eigenvalue weighted by Gasteiger charge is -2.12. The zero-order valence-electron chi connectivity index (χ0n) is 17.5. The fourth-order valence-corrected chi connectivity index (χ4v) is 3.94. The van der Waals surface area contributed by atoms with Gasteiger partial charge in [-0.1, -0.05) is 72.6 Å². The molecule has 0 aliphatic rings. The largest absolute Gasteiger partial charge is 0.487 e. The number of aromatic nitrogens is 2. The number of para-hydroxylation sites is 1. The van der Waals surface area contributed by atoms with Crippen molar-refractivity contribution in [3.8, 4) is 22.6 Å². The van der Waals surface area contributed by atoms with E-state index >= 15 is 0 Å². The standard InChI is InChI=1S/C25H19Cl2F3N2O/c1-2-16-6-8-17(9-7-16)18-10-12-20(13-11-18)33-15-19-14-23(25(28,29)30)31-32(19)24-21(26)4-3-5-22(24)27/h3-14H,2,15H2,1H3. The number of benzene rings is 3. The number of hydrogen-bond donors (Lipinski definition) is 0. The molecule has 4 aromatic rings. The van der Waals surface area contributed by atoms with E-state index in [2.05, 4.69) is 36.3 Å². The maximum atomic E-state index is 13.3. The van der Waals surface area contributed by atoms with Crippen molar-refractivity contribution in [2.75, 3.05) is 0 Å². The third kappa shape index (κ3) is 5.18. The van der Waals surface area contributed by atoms with Gasteiger partial charge in [0.25, 0.3) is 0 Å². The topological polar surface area (TPSA) is 27.1 Å². The highest BCUT2D eigenvalue weighted by molar-refractivity contribution is 6.37. The van der Waals surface area contributed by atoms with E-state index in [0.717, 1.165) is 28.3 Å². The summed E-state index contributed by atoms with van der Waals surface area (Å²) in [5, 5.41) is 4.06. The summed E-state index contributed by atoms with van der Waals surface area (Å²) in [6.45, 7) is 1.94. The van der Waals surface area contributed by atoms with E-state index in [1.54, 1.807) is 18.2 Å². The minimum Gasteiger partial charge on any atom is -0.487 e. The van der Waals surface area contributed by atoms with Gasteiger partial charge in [-0.15, -0.1) is 0 Å². The van der Waals surface area contributed by atoms with Gasteiger partial charge in [-0.2, -0.15) is 18.3 Å². The Kier molecular flexibility index (Phi) is 6.68. The van der Waals surface area contributed by atoms with Crippen LogP contribution in [0.4, 0.5) is 13.2 Å². The van der Waals surface area contributed by atoms with Crippen LogP contribution >= 0.6 is 23.2 Å². The molecule has 0 bridgehead atoms. The SMILES string of the molecule is CCc1ccc(-c2ccc(OCc3cc(C(F)(F)F)nn3-c3c(Cl)cccc3Cl)cc2)cc1. The lowest BCUT2D eigenvalue weighted by Crippen LogP contribution is -2.09. The predicted molar refractivity (Wildman–Crippen MR) is 124 cm³/mol.